The van der Waals surface area contributed by atoms with Gasteiger partial charge in [-0.1, -0.05) is 0 Å². The van der Waals surface area contributed by atoms with E-state index in [0.717, 1.165) is 19.5 Å². The van der Waals surface area contributed by atoms with Crippen molar-refractivity contribution in [3.05, 3.63) is 22.7 Å². The van der Waals surface area contributed by atoms with Gasteiger partial charge < -0.3 is 0 Å². The molecule has 6 heteroatoms. The van der Waals surface area contributed by atoms with Gasteiger partial charge in [0.15, 0.2) is 0 Å². The van der Waals surface area contributed by atoms with Crippen LogP contribution in [-0.2, 0) is 0 Å². The molecule has 0 spiro atoms. The third-order valence-corrected chi connectivity index (χ3v) is 2.56. The van der Waals surface area contributed by atoms with Crippen LogP contribution in [0.4, 0.5) is 0 Å². The van der Waals surface area contributed by atoms with E-state index in [0.29, 0.717) is 10.2 Å². The third-order valence-electron chi connectivity index (χ3n) is 1.98. The van der Waals surface area contributed by atoms with Gasteiger partial charge in [0.25, 0.3) is 5.91 Å². The number of carbonyl (C=O) groups is 1. The Labute approximate surface area is 89.6 Å². The van der Waals surface area contributed by atoms with Crippen molar-refractivity contribution in [1.29, 1.82) is 0 Å². The molecule has 1 N–H and O–H groups in total. The third kappa shape index (κ3) is 1.76. The summed E-state index contributed by atoms with van der Waals surface area (Å²) in [6.45, 7) is 1.57. The van der Waals surface area contributed by atoms with Gasteiger partial charge in [-0.05, 0) is 22.4 Å². The molecule has 0 aromatic carbocycles. The van der Waals surface area contributed by atoms with Crippen molar-refractivity contribution in [2.24, 2.45) is 0 Å². The number of hydrazine groups is 1. The molecular formula is C8H9BrN4O. The molecule has 1 aromatic heterocycles. The maximum absolute atomic E-state index is 11.8. The Hall–Kier alpha value is -1.01. The van der Waals surface area contributed by atoms with Gasteiger partial charge in [0.1, 0.15) is 12.0 Å². The molecule has 2 heterocycles. The van der Waals surface area contributed by atoms with Gasteiger partial charge in [-0.2, -0.15) is 0 Å². The Bertz CT molecular complexity index is 351. The highest BCUT2D eigenvalue weighted by Gasteiger charge is 2.22. The minimum Gasteiger partial charge on any atom is -0.272 e. The topological polar surface area (TPSA) is 58.1 Å². The van der Waals surface area contributed by atoms with Crippen molar-refractivity contribution < 1.29 is 4.79 Å². The van der Waals surface area contributed by atoms with Gasteiger partial charge >= 0.3 is 0 Å². The summed E-state index contributed by atoms with van der Waals surface area (Å²) in [7, 11) is 0. The average molecular weight is 257 g/mol. The second-order valence-electron chi connectivity index (χ2n) is 2.94. The smallest absolute Gasteiger partial charge is 0.272 e. The van der Waals surface area contributed by atoms with Gasteiger partial charge in [0.05, 0.1) is 4.47 Å². The highest BCUT2D eigenvalue weighted by molar-refractivity contribution is 9.10. The zero-order valence-corrected chi connectivity index (χ0v) is 8.99. The first-order valence-corrected chi connectivity index (χ1v) is 5.09. The lowest BCUT2D eigenvalue weighted by atomic mass is 10.3. The van der Waals surface area contributed by atoms with E-state index in [4.69, 9.17) is 0 Å². The molecule has 14 heavy (non-hydrogen) atoms. The van der Waals surface area contributed by atoms with E-state index in [1.54, 1.807) is 11.2 Å². The molecule has 1 aliphatic rings. The predicted molar refractivity (Wildman–Crippen MR) is 53.4 cm³/mol. The highest BCUT2D eigenvalue weighted by Crippen LogP contribution is 2.14. The van der Waals surface area contributed by atoms with Crippen LogP contribution in [0.3, 0.4) is 0 Å². The van der Waals surface area contributed by atoms with Crippen molar-refractivity contribution in [2.75, 3.05) is 13.1 Å². The van der Waals surface area contributed by atoms with Crippen LogP contribution in [0.2, 0.25) is 0 Å². The maximum Gasteiger partial charge on any atom is 0.287 e. The zero-order chi connectivity index (χ0) is 9.97. The Morgan fingerprint density at radius 3 is 3.14 bits per heavy atom. The first kappa shape index (κ1) is 9.54. The van der Waals surface area contributed by atoms with Gasteiger partial charge in [0, 0.05) is 19.3 Å². The molecule has 1 aliphatic heterocycles. The van der Waals surface area contributed by atoms with Gasteiger partial charge in [-0.3, -0.25) is 9.80 Å². The number of halogens is 1. The number of hydrogen-bond donors (Lipinski definition) is 1. The first-order chi connectivity index (χ1) is 6.79. The summed E-state index contributed by atoms with van der Waals surface area (Å²) < 4.78 is 0.624. The summed E-state index contributed by atoms with van der Waals surface area (Å²) in [4.78, 5) is 19.5. The van der Waals surface area contributed by atoms with Crippen LogP contribution in [0.1, 0.15) is 16.9 Å². The lowest BCUT2D eigenvalue weighted by molar-refractivity contribution is 0.0719. The predicted octanol–water partition coefficient (Wildman–Crippen LogP) is 0.590. The summed E-state index contributed by atoms with van der Waals surface area (Å²) in [5.41, 5.74) is 3.38. The van der Waals surface area contributed by atoms with Gasteiger partial charge in [-0.25, -0.2) is 15.4 Å². The van der Waals surface area contributed by atoms with E-state index < -0.39 is 0 Å². The summed E-state index contributed by atoms with van der Waals surface area (Å²) in [5, 5.41) is 1.58. The second kappa shape index (κ2) is 4.02. The number of hydrogen-bond acceptors (Lipinski definition) is 4. The fourth-order valence-corrected chi connectivity index (χ4v) is 1.69. The van der Waals surface area contributed by atoms with Crippen molar-refractivity contribution in [1.82, 2.24) is 20.4 Å². The number of nitrogens with zero attached hydrogens (tertiary/aromatic N) is 3. The van der Waals surface area contributed by atoms with Crippen molar-refractivity contribution in [3.63, 3.8) is 0 Å². The average Bonchev–Trinajstić information content (AvgIpc) is 2.70. The SMILES string of the molecule is O=C(c1ncncc1Br)N1CCCN1. The van der Waals surface area contributed by atoms with E-state index >= 15 is 0 Å². The van der Waals surface area contributed by atoms with Crippen LogP contribution < -0.4 is 5.43 Å². The molecule has 2 rings (SSSR count). The molecular weight excluding hydrogens is 248 g/mol. The normalized spacial score (nSPS) is 15.9. The molecule has 74 valence electrons. The minimum atomic E-state index is -0.114. The number of nitrogens with one attached hydrogen (secondary N) is 1. The summed E-state index contributed by atoms with van der Waals surface area (Å²) in [6, 6.07) is 0. The summed E-state index contributed by atoms with van der Waals surface area (Å²) in [6.07, 6.45) is 3.92. The molecule has 0 unspecified atom stereocenters. The molecule has 0 atom stereocenters. The van der Waals surface area contributed by atoms with Crippen molar-refractivity contribution >= 4 is 21.8 Å². The Morgan fingerprint density at radius 2 is 2.50 bits per heavy atom. The van der Waals surface area contributed by atoms with Crippen LogP contribution in [0.25, 0.3) is 0 Å². The molecule has 1 saturated heterocycles. The maximum atomic E-state index is 11.8. The zero-order valence-electron chi connectivity index (χ0n) is 7.40. The lowest BCUT2D eigenvalue weighted by Crippen LogP contribution is -2.37. The van der Waals surface area contributed by atoms with E-state index in [1.807, 2.05) is 0 Å². The summed E-state index contributed by atoms with van der Waals surface area (Å²) in [5.74, 6) is -0.114. The molecule has 0 aliphatic carbocycles. The molecule has 0 bridgehead atoms. The molecule has 1 aromatic rings. The molecule has 5 nitrogen and oxygen atoms in total. The van der Waals surface area contributed by atoms with E-state index in [1.165, 1.54) is 6.33 Å². The summed E-state index contributed by atoms with van der Waals surface area (Å²) >= 11 is 3.24. The van der Waals surface area contributed by atoms with E-state index in [9.17, 15) is 4.79 Å². The van der Waals surface area contributed by atoms with Gasteiger partial charge in [-0.15, -0.1) is 0 Å². The van der Waals surface area contributed by atoms with Crippen molar-refractivity contribution in [3.8, 4) is 0 Å². The largest absolute Gasteiger partial charge is 0.287 e. The van der Waals surface area contributed by atoms with E-state index in [2.05, 4.69) is 31.3 Å². The quantitative estimate of drug-likeness (QED) is 0.799. The van der Waals surface area contributed by atoms with E-state index in [-0.39, 0.29) is 5.91 Å². The van der Waals surface area contributed by atoms with Crippen LogP contribution in [0.15, 0.2) is 17.0 Å². The van der Waals surface area contributed by atoms with Crippen LogP contribution in [0, 0.1) is 0 Å². The van der Waals surface area contributed by atoms with Crippen molar-refractivity contribution in [2.45, 2.75) is 6.42 Å². The van der Waals surface area contributed by atoms with Crippen LogP contribution >= 0.6 is 15.9 Å². The Morgan fingerprint density at radius 1 is 1.64 bits per heavy atom. The fourth-order valence-electron chi connectivity index (χ4n) is 1.30. The molecule has 1 fully saturated rings. The Kier molecular flexibility index (Phi) is 2.74. The van der Waals surface area contributed by atoms with Gasteiger partial charge in [0.2, 0.25) is 0 Å². The lowest BCUT2D eigenvalue weighted by Gasteiger charge is -2.14. The first-order valence-electron chi connectivity index (χ1n) is 4.30. The molecule has 1 amide bonds. The minimum absolute atomic E-state index is 0.114. The number of amides is 1. The second-order valence-corrected chi connectivity index (χ2v) is 3.79. The highest BCUT2D eigenvalue weighted by atomic mass is 79.9. The molecule has 0 radical (unpaired) electrons. The number of aromatic nitrogens is 2. The number of carbonyl (C=O) groups excluding carboxylic acids is 1. The standard InChI is InChI=1S/C8H9BrN4O/c9-6-4-10-5-11-7(6)8(14)13-3-1-2-12-13/h4-5,12H,1-3H2. The van der Waals surface area contributed by atoms with Crippen LogP contribution in [-0.4, -0.2) is 34.0 Å². The Balaban J connectivity index is 2.22. The van der Waals surface area contributed by atoms with Crippen LogP contribution in [0.5, 0.6) is 0 Å². The monoisotopic (exact) mass is 256 g/mol. The number of rotatable bonds is 1. The molecule has 0 saturated carbocycles. The fraction of sp³-hybridized carbons (Fsp3) is 0.375.